The molecule has 1 aliphatic rings. The molecule has 2 aromatic heterocycles. The molecule has 3 heterocycles. The van der Waals surface area contributed by atoms with Crippen molar-refractivity contribution in [2.75, 3.05) is 31.9 Å². The number of carbonyl (C=O) groups excluding carboxylic acids is 1. The maximum absolute atomic E-state index is 13.1. The predicted octanol–water partition coefficient (Wildman–Crippen LogP) is 2.69. The highest BCUT2D eigenvalue weighted by molar-refractivity contribution is 7.99. The smallest absolute Gasteiger partial charge is 0.282 e. The topological polar surface area (TPSA) is 114 Å². The van der Waals surface area contributed by atoms with Gasteiger partial charge in [0.2, 0.25) is 15.9 Å². The molecule has 1 amide bonds. The molecule has 3 aromatic rings. The van der Waals surface area contributed by atoms with Gasteiger partial charge >= 0.3 is 0 Å². The summed E-state index contributed by atoms with van der Waals surface area (Å²) in [5, 5.41) is 11.8. The largest absolute Gasteiger partial charge is 0.411 e. The van der Waals surface area contributed by atoms with Crippen LogP contribution in [0.3, 0.4) is 0 Å². The number of rotatable bonds is 7. The van der Waals surface area contributed by atoms with Gasteiger partial charge in [-0.2, -0.15) is 9.40 Å². The first-order valence-corrected chi connectivity index (χ1v) is 12.8. The first-order chi connectivity index (χ1) is 16.1. The average Bonchev–Trinajstić information content (AvgIpc) is 3.44. The van der Waals surface area contributed by atoms with E-state index in [1.807, 2.05) is 0 Å². The van der Waals surface area contributed by atoms with Crippen molar-refractivity contribution in [3.05, 3.63) is 41.2 Å². The van der Waals surface area contributed by atoms with Crippen molar-refractivity contribution in [3.63, 3.8) is 0 Å². The van der Waals surface area contributed by atoms with Gasteiger partial charge in [-0.3, -0.25) is 9.48 Å². The van der Waals surface area contributed by atoms with Gasteiger partial charge in [0, 0.05) is 44.4 Å². The standard InChI is InChI=1S/C19H19ClF2N6O4S2/c1-26-10-14(16(25-26)17(21)22)18-23-24-19(32-18)33-11-15(29)27-6-8-28(9-7-27)34(30,31)13-4-2-12(20)3-5-13/h2-5,10,17H,6-9,11H2,1H3. The highest BCUT2D eigenvalue weighted by atomic mass is 35.5. The number of hydrogen-bond acceptors (Lipinski definition) is 8. The summed E-state index contributed by atoms with van der Waals surface area (Å²) in [5.41, 5.74) is -0.439. The molecule has 1 aliphatic heterocycles. The lowest BCUT2D eigenvalue weighted by molar-refractivity contribution is -0.129. The second kappa shape index (κ2) is 9.98. The first-order valence-electron chi connectivity index (χ1n) is 9.97. The van der Waals surface area contributed by atoms with E-state index in [0.717, 1.165) is 11.8 Å². The van der Waals surface area contributed by atoms with Crippen LogP contribution in [0.25, 0.3) is 11.5 Å². The van der Waals surface area contributed by atoms with Gasteiger partial charge in [-0.1, -0.05) is 23.4 Å². The summed E-state index contributed by atoms with van der Waals surface area (Å²) in [5.74, 6) is -0.373. The Labute approximate surface area is 202 Å². The number of carbonyl (C=O) groups is 1. The maximum Gasteiger partial charge on any atom is 0.282 e. The van der Waals surface area contributed by atoms with E-state index in [1.165, 1.54) is 46.5 Å². The Bertz CT molecular complexity index is 1270. The van der Waals surface area contributed by atoms with Crippen molar-refractivity contribution < 1.29 is 26.4 Å². The van der Waals surface area contributed by atoms with E-state index in [-0.39, 0.29) is 59.4 Å². The summed E-state index contributed by atoms with van der Waals surface area (Å²) in [4.78, 5) is 14.3. The number of aromatic nitrogens is 4. The fraction of sp³-hybridized carbons (Fsp3) is 0.368. The van der Waals surface area contributed by atoms with Crippen LogP contribution in [-0.4, -0.2) is 75.4 Å². The van der Waals surface area contributed by atoms with Gasteiger partial charge in [0.1, 0.15) is 5.69 Å². The highest BCUT2D eigenvalue weighted by Crippen LogP contribution is 2.30. The number of thioether (sulfide) groups is 1. The molecule has 0 saturated carbocycles. The molecule has 0 bridgehead atoms. The summed E-state index contributed by atoms with van der Waals surface area (Å²) < 4.78 is 59.8. The number of halogens is 3. The number of nitrogens with zero attached hydrogens (tertiary/aromatic N) is 6. The molecule has 182 valence electrons. The molecule has 0 unspecified atom stereocenters. The molecular formula is C19H19ClF2N6O4S2. The van der Waals surface area contributed by atoms with E-state index in [9.17, 15) is 22.0 Å². The van der Waals surface area contributed by atoms with Gasteiger partial charge in [0.05, 0.1) is 16.2 Å². The third-order valence-electron chi connectivity index (χ3n) is 5.06. The van der Waals surface area contributed by atoms with E-state index < -0.39 is 22.1 Å². The van der Waals surface area contributed by atoms with Crippen molar-refractivity contribution >= 4 is 39.3 Å². The summed E-state index contributed by atoms with van der Waals surface area (Å²) in [6, 6.07) is 5.91. The fourth-order valence-electron chi connectivity index (χ4n) is 3.36. The quantitative estimate of drug-likeness (QED) is 0.427. The third kappa shape index (κ3) is 5.24. The van der Waals surface area contributed by atoms with Gasteiger partial charge in [-0.05, 0) is 24.3 Å². The Kier molecular flexibility index (Phi) is 7.21. The summed E-state index contributed by atoms with van der Waals surface area (Å²) in [7, 11) is -2.18. The fourth-order valence-corrected chi connectivity index (χ4v) is 5.57. The van der Waals surface area contributed by atoms with Crippen molar-refractivity contribution in [2.45, 2.75) is 16.5 Å². The van der Waals surface area contributed by atoms with Crippen LogP contribution in [0, 0.1) is 0 Å². The third-order valence-corrected chi connectivity index (χ3v) is 8.03. The summed E-state index contributed by atoms with van der Waals surface area (Å²) >= 11 is 6.80. The van der Waals surface area contributed by atoms with E-state index in [2.05, 4.69) is 15.3 Å². The van der Waals surface area contributed by atoms with E-state index in [0.29, 0.717) is 5.02 Å². The lowest BCUT2D eigenvalue weighted by Gasteiger charge is -2.33. The minimum atomic E-state index is -3.68. The average molecular weight is 533 g/mol. The number of sulfonamides is 1. The zero-order valence-electron chi connectivity index (χ0n) is 17.8. The van der Waals surface area contributed by atoms with Crippen LogP contribution >= 0.6 is 23.4 Å². The van der Waals surface area contributed by atoms with Crippen molar-refractivity contribution in [2.24, 2.45) is 7.05 Å². The van der Waals surface area contributed by atoms with Crippen LogP contribution in [0.4, 0.5) is 8.78 Å². The van der Waals surface area contributed by atoms with E-state index >= 15 is 0 Å². The minimum Gasteiger partial charge on any atom is -0.411 e. The molecule has 10 nitrogen and oxygen atoms in total. The molecule has 0 radical (unpaired) electrons. The molecule has 1 aromatic carbocycles. The number of benzene rings is 1. The lowest BCUT2D eigenvalue weighted by atomic mass is 10.2. The molecular weight excluding hydrogens is 514 g/mol. The van der Waals surface area contributed by atoms with Crippen LogP contribution in [0.5, 0.6) is 0 Å². The van der Waals surface area contributed by atoms with Crippen molar-refractivity contribution in [3.8, 4) is 11.5 Å². The second-order valence-electron chi connectivity index (χ2n) is 7.30. The number of alkyl halides is 2. The van der Waals surface area contributed by atoms with Gasteiger partial charge in [0.15, 0.2) is 0 Å². The van der Waals surface area contributed by atoms with Crippen molar-refractivity contribution in [1.29, 1.82) is 0 Å². The Morgan fingerprint density at radius 3 is 2.50 bits per heavy atom. The Balaban J connectivity index is 1.32. The van der Waals surface area contributed by atoms with Gasteiger partial charge in [0.25, 0.3) is 17.5 Å². The summed E-state index contributed by atoms with van der Waals surface area (Å²) in [6.45, 7) is 0.774. The lowest BCUT2D eigenvalue weighted by Crippen LogP contribution is -2.50. The number of aryl methyl sites for hydroxylation is 1. The zero-order valence-corrected chi connectivity index (χ0v) is 20.2. The Morgan fingerprint density at radius 2 is 1.85 bits per heavy atom. The molecule has 15 heteroatoms. The van der Waals surface area contributed by atoms with Crippen molar-refractivity contribution in [1.82, 2.24) is 29.2 Å². The molecule has 0 aliphatic carbocycles. The highest BCUT2D eigenvalue weighted by Gasteiger charge is 2.30. The van der Waals surface area contributed by atoms with Gasteiger partial charge in [-0.25, -0.2) is 17.2 Å². The van der Waals surface area contributed by atoms with Crippen LogP contribution < -0.4 is 0 Å². The Morgan fingerprint density at radius 1 is 1.18 bits per heavy atom. The molecule has 34 heavy (non-hydrogen) atoms. The first kappa shape index (κ1) is 24.6. The predicted molar refractivity (Wildman–Crippen MR) is 119 cm³/mol. The summed E-state index contributed by atoms with van der Waals surface area (Å²) in [6.07, 6.45) is -1.45. The van der Waals surface area contributed by atoms with Crippen LogP contribution in [0.2, 0.25) is 5.02 Å². The van der Waals surface area contributed by atoms with E-state index in [4.69, 9.17) is 16.0 Å². The molecule has 1 saturated heterocycles. The minimum absolute atomic E-state index is 0.0275. The normalized spacial score (nSPS) is 15.3. The van der Waals surface area contributed by atoms with Crippen LogP contribution in [0.1, 0.15) is 12.1 Å². The molecule has 4 rings (SSSR count). The monoisotopic (exact) mass is 532 g/mol. The SMILES string of the molecule is Cn1cc(-c2nnc(SCC(=O)N3CCN(S(=O)(=O)c4ccc(Cl)cc4)CC3)o2)c(C(F)F)n1. The van der Waals surface area contributed by atoms with E-state index in [1.54, 1.807) is 4.90 Å². The maximum atomic E-state index is 13.1. The Hall–Kier alpha value is -2.55. The van der Waals surface area contributed by atoms with Gasteiger partial charge in [-0.15, -0.1) is 10.2 Å². The number of hydrogen-bond donors (Lipinski definition) is 0. The van der Waals surface area contributed by atoms with Crippen LogP contribution in [-0.2, 0) is 21.9 Å². The zero-order chi connectivity index (χ0) is 24.5. The molecule has 0 N–H and O–H groups in total. The molecule has 0 atom stereocenters. The second-order valence-corrected chi connectivity index (χ2v) is 10.6. The number of piperazine rings is 1. The molecule has 0 spiro atoms. The van der Waals surface area contributed by atoms with Crippen LogP contribution in [0.15, 0.2) is 45.0 Å². The number of amides is 1. The molecule has 1 fully saturated rings. The van der Waals surface area contributed by atoms with Gasteiger partial charge < -0.3 is 9.32 Å².